The molecule has 2 N–H and O–H groups in total. The molecule has 2 saturated heterocycles. The van der Waals surface area contributed by atoms with Gasteiger partial charge in [0.2, 0.25) is 5.91 Å². The predicted octanol–water partition coefficient (Wildman–Crippen LogP) is 1.39. The molecule has 2 aliphatic heterocycles. The van der Waals surface area contributed by atoms with E-state index in [4.69, 9.17) is 10.5 Å². The van der Waals surface area contributed by atoms with Crippen LogP contribution in [0.5, 0.6) is 0 Å². The summed E-state index contributed by atoms with van der Waals surface area (Å²) in [6.07, 6.45) is 5.15. The lowest BCUT2D eigenvalue weighted by Crippen LogP contribution is -2.53. The summed E-state index contributed by atoms with van der Waals surface area (Å²) >= 11 is 0. The fraction of sp³-hybridized carbons (Fsp3) is 0.929. The number of nitrogens with zero attached hydrogens (tertiary/aromatic N) is 1. The van der Waals surface area contributed by atoms with Crippen LogP contribution in [-0.4, -0.2) is 43.7 Å². The normalized spacial score (nSPS) is 28.1. The lowest BCUT2D eigenvalue weighted by molar-refractivity contribution is -0.149. The summed E-state index contributed by atoms with van der Waals surface area (Å²) < 4.78 is 5.38. The van der Waals surface area contributed by atoms with Crippen LogP contribution in [0.4, 0.5) is 0 Å². The van der Waals surface area contributed by atoms with Gasteiger partial charge in [-0.3, -0.25) is 4.79 Å². The molecule has 0 radical (unpaired) electrons. The molecule has 0 aromatic carbocycles. The van der Waals surface area contributed by atoms with Crippen molar-refractivity contribution in [2.45, 2.75) is 39.0 Å². The highest BCUT2D eigenvalue weighted by molar-refractivity contribution is 5.83. The molecular weight excluding hydrogens is 228 g/mol. The zero-order chi connectivity index (χ0) is 13.0. The van der Waals surface area contributed by atoms with Gasteiger partial charge in [0.25, 0.3) is 0 Å². The molecule has 4 heteroatoms. The average Bonchev–Trinajstić information content (AvgIpc) is 2.47. The van der Waals surface area contributed by atoms with Crippen molar-refractivity contribution in [1.29, 1.82) is 0 Å². The smallest absolute Gasteiger partial charge is 0.230 e. The predicted molar refractivity (Wildman–Crippen MR) is 71.1 cm³/mol. The van der Waals surface area contributed by atoms with E-state index >= 15 is 0 Å². The number of ether oxygens (including phenoxy) is 1. The van der Waals surface area contributed by atoms with Crippen LogP contribution in [0.2, 0.25) is 0 Å². The molecule has 1 amide bonds. The van der Waals surface area contributed by atoms with Gasteiger partial charge in [0.15, 0.2) is 0 Å². The average molecular weight is 254 g/mol. The summed E-state index contributed by atoms with van der Waals surface area (Å²) in [6.45, 7) is 5.87. The monoisotopic (exact) mass is 254 g/mol. The third kappa shape index (κ3) is 2.69. The van der Waals surface area contributed by atoms with Crippen LogP contribution in [0.15, 0.2) is 0 Å². The summed E-state index contributed by atoms with van der Waals surface area (Å²) in [7, 11) is 0. The molecule has 2 rings (SSSR count). The summed E-state index contributed by atoms with van der Waals surface area (Å²) in [4.78, 5) is 14.8. The summed E-state index contributed by atoms with van der Waals surface area (Å²) in [5, 5.41) is 0. The van der Waals surface area contributed by atoms with E-state index in [0.717, 1.165) is 32.4 Å². The van der Waals surface area contributed by atoms with Crippen molar-refractivity contribution in [2.24, 2.45) is 17.1 Å². The maximum absolute atomic E-state index is 12.8. The molecule has 0 saturated carbocycles. The van der Waals surface area contributed by atoms with Crippen molar-refractivity contribution in [2.75, 3.05) is 32.8 Å². The lowest BCUT2D eigenvalue weighted by Gasteiger charge is -2.41. The van der Waals surface area contributed by atoms with Gasteiger partial charge in [-0.15, -0.1) is 0 Å². The maximum Gasteiger partial charge on any atom is 0.230 e. The maximum atomic E-state index is 12.8. The van der Waals surface area contributed by atoms with Crippen molar-refractivity contribution in [3.8, 4) is 0 Å². The standard InChI is InChI=1S/C14H26N2O2/c1-2-12-4-3-7-16(10-12)13(17)14(11-15)5-8-18-9-6-14/h12H,2-11,15H2,1H3. The first-order valence-corrected chi connectivity index (χ1v) is 7.29. The number of carbonyl (C=O) groups is 1. The number of carbonyl (C=O) groups excluding carboxylic acids is 1. The molecule has 0 bridgehead atoms. The van der Waals surface area contributed by atoms with E-state index in [-0.39, 0.29) is 11.3 Å². The Balaban J connectivity index is 2.04. The molecule has 2 heterocycles. The van der Waals surface area contributed by atoms with Crippen LogP contribution in [0, 0.1) is 11.3 Å². The first kappa shape index (κ1) is 13.8. The number of amides is 1. The van der Waals surface area contributed by atoms with Crippen LogP contribution in [-0.2, 0) is 9.53 Å². The third-order valence-corrected chi connectivity index (χ3v) is 4.68. The number of hydrogen-bond donors (Lipinski definition) is 1. The quantitative estimate of drug-likeness (QED) is 0.828. The van der Waals surface area contributed by atoms with Crippen LogP contribution in [0.1, 0.15) is 39.0 Å². The number of piperidine rings is 1. The second-order valence-electron chi connectivity index (χ2n) is 5.76. The molecule has 104 valence electrons. The van der Waals surface area contributed by atoms with Gasteiger partial charge < -0.3 is 15.4 Å². The molecule has 2 fully saturated rings. The summed E-state index contributed by atoms with van der Waals surface area (Å²) in [5.41, 5.74) is 5.57. The molecule has 4 nitrogen and oxygen atoms in total. The summed E-state index contributed by atoms with van der Waals surface area (Å²) in [6, 6.07) is 0. The van der Waals surface area contributed by atoms with Gasteiger partial charge in [-0.25, -0.2) is 0 Å². The Labute approximate surface area is 110 Å². The Morgan fingerprint density at radius 3 is 2.78 bits per heavy atom. The molecule has 18 heavy (non-hydrogen) atoms. The van der Waals surface area contributed by atoms with Gasteiger partial charge in [0, 0.05) is 32.8 Å². The number of rotatable bonds is 3. The third-order valence-electron chi connectivity index (χ3n) is 4.68. The molecule has 1 unspecified atom stereocenters. The van der Waals surface area contributed by atoms with E-state index in [0.29, 0.717) is 25.7 Å². The topological polar surface area (TPSA) is 55.6 Å². The van der Waals surface area contributed by atoms with E-state index in [2.05, 4.69) is 11.8 Å². The minimum Gasteiger partial charge on any atom is -0.381 e. The first-order chi connectivity index (χ1) is 8.72. The first-order valence-electron chi connectivity index (χ1n) is 7.29. The highest BCUT2D eigenvalue weighted by Crippen LogP contribution is 2.33. The van der Waals surface area contributed by atoms with Crippen LogP contribution < -0.4 is 5.73 Å². The molecule has 0 aliphatic carbocycles. The molecule has 0 spiro atoms. The van der Waals surface area contributed by atoms with Gasteiger partial charge in [-0.1, -0.05) is 13.3 Å². The number of likely N-dealkylation sites (tertiary alicyclic amines) is 1. The van der Waals surface area contributed by atoms with Gasteiger partial charge in [-0.2, -0.15) is 0 Å². The van der Waals surface area contributed by atoms with Crippen molar-refractivity contribution in [3.05, 3.63) is 0 Å². The molecule has 1 atom stereocenters. The Kier molecular flexibility index (Phi) is 4.62. The van der Waals surface area contributed by atoms with Crippen molar-refractivity contribution < 1.29 is 9.53 Å². The molecule has 2 aliphatic rings. The second kappa shape index (κ2) is 6.02. The van der Waals surface area contributed by atoms with E-state index in [1.54, 1.807) is 0 Å². The zero-order valence-electron chi connectivity index (χ0n) is 11.5. The van der Waals surface area contributed by atoms with Crippen LogP contribution >= 0.6 is 0 Å². The van der Waals surface area contributed by atoms with Crippen LogP contribution in [0.3, 0.4) is 0 Å². The lowest BCUT2D eigenvalue weighted by atomic mass is 9.78. The fourth-order valence-electron chi connectivity index (χ4n) is 3.19. The molecule has 0 aromatic rings. The Morgan fingerprint density at radius 2 is 2.17 bits per heavy atom. The van der Waals surface area contributed by atoms with E-state index in [9.17, 15) is 4.79 Å². The highest BCUT2D eigenvalue weighted by Gasteiger charge is 2.42. The van der Waals surface area contributed by atoms with Gasteiger partial charge in [-0.05, 0) is 31.6 Å². The number of nitrogens with two attached hydrogens (primary N) is 1. The van der Waals surface area contributed by atoms with Crippen molar-refractivity contribution >= 4 is 5.91 Å². The Hall–Kier alpha value is -0.610. The van der Waals surface area contributed by atoms with E-state index in [1.807, 2.05) is 0 Å². The van der Waals surface area contributed by atoms with Crippen molar-refractivity contribution in [1.82, 2.24) is 4.90 Å². The summed E-state index contributed by atoms with van der Waals surface area (Å²) in [5.74, 6) is 0.962. The Bertz CT molecular complexity index is 288. The van der Waals surface area contributed by atoms with Gasteiger partial charge in [0.1, 0.15) is 0 Å². The minimum absolute atomic E-state index is 0.284. The molecule has 0 aromatic heterocycles. The largest absolute Gasteiger partial charge is 0.381 e. The zero-order valence-corrected chi connectivity index (χ0v) is 11.5. The van der Waals surface area contributed by atoms with E-state index < -0.39 is 0 Å². The molecular formula is C14H26N2O2. The van der Waals surface area contributed by atoms with Crippen molar-refractivity contribution in [3.63, 3.8) is 0 Å². The number of hydrogen-bond acceptors (Lipinski definition) is 3. The SMILES string of the molecule is CCC1CCCN(C(=O)C2(CN)CCOCC2)C1. The van der Waals surface area contributed by atoms with Gasteiger partial charge >= 0.3 is 0 Å². The minimum atomic E-state index is -0.339. The van der Waals surface area contributed by atoms with Gasteiger partial charge in [0.05, 0.1) is 5.41 Å². The van der Waals surface area contributed by atoms with E-state index in [1.165, 1.54) is 12.8 Å². The highest BCUT2D eigenvalue weighted by atomic mass is 16.5. The second-order valence-corrected chi connectivity index (χ2v) is 5.76. The van der Waals surface area contributed by atoms with Crippen LogP contribution in [0.25, 0.3) is 0 Å². The Morgan fingerprint density at radius 1 is 1.44 bits per heavy atom. The fourth-order valence-corrected chi connectivity index (χ4v) is 3.19.